The van der Waals surface area contributed by atoms with Crippen LogP contribution in [0.3, 0.4) is 0 Å². The summed E-state index contributed by atoms with van der Waals surface area (Å²) in [6.45, 7) is 4.75. The van der Waals surface area contributed by atoms with Crippen molar-refractivity contribution in [2.24, 2.45) is 0 Å². The Morgan fingerprint density at radius 2 is 2.31 bits per heavy atom. The number of hydrogen-bond acceptors (Lipinski definition) is 4. The van der Waals surface area contributed by atoms with Crippen LogP contribution < -0.4 is 0 Å². The molecule has 0 amide bonds. The predicted molar refractivity (Wildman–Crippen MR) is 46.4 cm³/mol. The SMILES string of the molecule is Cc1noc([C@H]2CCCO[C@H]2C)n1. The number of rotatable bonds is 1. The Bertz CT molecular complexity index is 285. The molecule has 72 valence electrons. The zero-order valence-corrected chi connectivity index (χ0v) is 7.99. The van der Waals surface area contributed by atoms with Crippen LogP contribution in [0.15, 0.2) is 4.52 Å². The Hall–Kier alpha value is -0.900. The molecule has 4 heteroatoms. The maximum absolute atomic E-state index is 5.53. The molecule has 1 aromatic rings. The van der Waals surface area contributed by atoms with Gasteiger partial charge in [-0.05, 0) is 26.7 Å². The van der Waals surface area contributed by atoms with E-state index in [1.165, 1.54) is 0 Å². The van der Waals surface area contributed by atoms with E-state index in [2.05, 4.69) is 17.1 Å². The zero-order chi connectivity index (χ0) is 9.26. The molecule has 0 aromatic carbocycles. The fourth-order valence-corrected chi connectivity index (χ4v) is 1.71. The van der Waals surface area contributed by atoms with E-state index in [0.29, 0.717) is 5.82 Å². The van der Waals surface area contributed by atoms with Crippen LogP contribution in [0.2, 0.25) is 0 Å². The van der Waals surface area contributed by atoms with E-state index in [1.54, 1.807) is 0 Å². The maximum atomic E-state index is 5.53. The van der Waals surface area contributed by atoms with E-state index >= 15 is 0 Å². The molecule has 2 rings (SSSR count). The van der Waals surface area contributed by atoms with E-state index in [0.717, 1.165) is 25.3 Å². The number of ether oxygens (including phenoxy) is 1. The lowest BCUT2D eigenvalue weighted by Gasteiger charge is -2.25. The fourth-order valence-electron chi connectivity index (χ4n) is 1.71. The maximum Gasteiger partial charge on any atom is 0.232 e. The fraction of sp³-hybridized carbons (Fsp3) is 0.778. The molecule has 13 heavy (non-hydrogen) atoms. The third kappa shape index (κ3) is 1.72. The highest BCUT2D eigenvalue weighted by Crippen LogP contribution is 2.29. The van der Waals surface area contributed by atoms with Gasteiger partial charge in [-0.15, -0.1) is 0 Å². The van der Waals surface area contributed by atoms with E-state index < -0.39 is 0 Å². The summed E-state index contributed by atoms with van der Waals surface area (Å²) >= 11 is 0. The van der Waals surface area contributed by atoms with Crippen molar-refractivity contribution in [1.29, 1.82) is 0 Å². The topological polar surface area (TPSA) is 48.2 Å². The second-order valence-electron chi connectivity index (χ2n) is 3.50. The van der Waals surface area contributed by atoms with Crippen LogP contribution in [0.4, 0.5) is 0 Å². The van der Waals surface area contributed by atoms with Gasteiger partial charge in [0.05, 0.1) is 12.0 Å². The van der Waals surface area contributed by atoms with Crippen molar-refractivity contribution in [1.82, 2.24) is 10.1 Å². The third-order valence-electron chi connectivity index (χ3n) is 2.47. The van der Waals surface area contributed by atoms with Crippen LogP contribution in [0, 0.1) is 6.92 Å². The van der Waals surface area contributed by atoms with Crippen molar-refractivity contribution in [3.63, 3.8) is 0 Å². The smallest absolute Gasteiger partial charge is 0.232 e. The minimum absolute atomic E-state index is 0.202. The molecule has 0 aliphatic carbocycles. The highest BCUT2D eigenvalue weighted by atomic mass is 16.5. The van der Waals surface area contributed by atoms with Gasteiger partial charge in [-0.3, -0.25) is 0 Å². The molecular formula is C9H14N2O2. The Morgan fingerprint density at radius 3 is 2.92 bits per heavy atom. The van der Waals surface area contributed by atoms with E-state index in [9.17, 15) is 0 Å². The average molecular weight is 182 g/mol. The van der Waals surface area contributed by atoms with Gasteiger partial charge >= 0.3 is 0 Å². The summed E-state index contributed by atoms with van der Waals surface area (Å²) in [6.07, 6.45) is 2.37. The minimum Gasteiger partial charge on any atom is -0.378 e. The lowest BCUT2D eigenvalue weighted by atomic mass is 9.95. The number of aromatic nitrogens is 2. The van der Waals surface area contributed by atoms with Crippen molar-refractivity contribution in [2.45, 2.75) is 38.7 Å². The quantitative estimate of drug-likeness (QED) is 0.662. The highest BCUT2D eigenvalue weighted by Gasteiger charge is 2.28. The first kappa shape index (κ1) is 8.69. The normalized spacial score (nSPS) is 29.1. The van der Waals surface area contributed by atoms with Gasteiger partial charge in [0.25, 0.3) is 0 Å². The van der Waals surface area contributed by atoms with Gasteiger partial charge in [0.15, 0.2) is 5.82 Å². The minimum atomic E-state index is 0.202. The van der Waals surface area contributed by atoms with Gasteiger partial charge in [-0.25, -0.2) is 0 Å². The molecule has 0 unspecified atom stereocenters. The monoisotopic (exact) mass is 182 g/mol. The van der Waals surface area contributed by atoms with Crippen molar-refractivity contribution in [3.8, 4) is 0 Å². The van der Waals surface area contributed by atoms with Gasteiger partial charge in [-0.2, -0.15) is 4.98 Å². The molecule has 1 saturated heterocycles. The summed E-state index contributed by atoms with van der Waals surface area (Å²) < 4.78 is 10.7. The Morgan fingerprint density at radius 1 is 1.46 bits per heavy atom. The zero-order valence-electron chi connectivity index (χ0n) is 7.99. The average Bonchev–Trinajstić information content (AvgIpc) is 2.53. The molecule has 1 aliphatic heterocycles. The van der Waals surface area contributed by atoms with Crippen molar-refractivity contribution < 1.29 is 9.26 Å². The molecular weight excluding hydrogens is 168 g/mol. The third-order valence-corrected chi connectivity index (χ3v) is 2.47. The molecule has 0 bridgehead atoms. The van der Waals surface area contributed by atoms with Crippen LogP contribution in [0.1, 0.15) is 37.4 Å². The van der Waals surface area contributed by atoms with Gasteiger partial charge in [0, 0.05) is 6.61 Å². The van der Waals surface area contributed by atoms with Crippen molar-refractivity contribution >= 4 is 0 Å². The Labute approximate surface area is 77.3 Å². The highest BCUT2D eigenvalue weighted by molar-refractivity contribution is 4.97. The molecule has 1 aliphatic rings. The molecule has 0 radical (unpaired) electrons. The van der Waals surface area contributed by atoms with Crippen LogP contribution in [0.25, 0.3) is 0 Å². The standard InChI is InChI=1S/C9H14N2O2/c1-6-8(4-3-5-12-6)9-10-7(2)11-13-9/h6,8H,3-5H2,1-2H3/t6-,8-/m0/s1. The van der Waals surface area contributed by atoms with Crippen LogP contribution in [0.5, 0.6) is 0 Å². The van der Waals surface area contributed by atoms with Crippen LogP contribution >= 0.6 is 0 Å². The predicted octanol–water partition coefficient (Wildman–Crippen LogP) is 1.66. The van der Waals surface area contributed by atoms with Gasteiger partial charge in [-0.1, -0.05) is 5.16 Å². The summed E-state index contributed by atoms with van der Waals surface area (Å²) in [6, 6.07) is 0. The summed E-state index contributed by atoms with van der Waals surface area (Å²) in [5, 5.41) is 3.78. The second-order valence-corrected chi connectivity index (χ2v) is 3.50. The van der Waals surface area contributed by atoms with Crippen LogP contribution in [-0.2, 0) is 4.74 Å². The summed E-state index contributed by atoms with van der Waals surface area (Å²) in [7, 11) is 0. The molecule has 2 heterocycles. The summed E-state index contributed by atoms with van der Waals surface area (Å²) in [5.41, 5.74) is 0. The number of nitrogens with zero attached hydrogens (tertiary/aromatic N) is 2. The molecule has 0 spiro atoms. The first-order valence-corrected chi connectivity index (χ1v) is 4.69. The molecule has 0 N–H and O–H groups in total. The first-order valence-electron chi connectivity index (χ1n) is 4.69. The summed E-state index contributed by atoms with van der Waals surface area (Å²) in [5.74, 6) is 1.72. The van der Waals surface area contributed by atoms with E-state index in [4.69, 9.17) is 9.26 Å². The van der Waals surface area contributed by atoms with Crippen molar-refractivity contribution in [3.05, 3.63) is 11.7 Å². The van der Waals surface area contributed by atoms with Gasteiger partial charge in [0.1, 0.15) is 0 Å². The molecule has 2 atom stereocenters. The first-order chi connectivity index (χ1) is 6.27. The number of aryl methyl sites for hydroxylation is 1. The van der Waals surface area contributed by atoms with Gasteiger partial charge in [0.2, 0.25) is 5.89 Å². The lowest BCUT2D eigenvalue weighted by molar-refractivity contribution is 0.00332. The molecule has 0 saturated carbocycles. The Kier molecular flexibility index (Phi) is 2.31. The van der Waals surface area contributed by atoms with Crippen LogP contribution in [-0.4, -0.2) is 22.9 Å². The van der Waals surface area contributed by atoms with Gasteiger partial charge < -0.3 is 9.26 Å². The van der Waals surface area contributed by atoms with E-state index in [1.807, 2.05) is 6.92 Å². The largest absolute Gasteiger partial charge is 0.378 e. The van der Waals surface area contributed by atoms with E-state index in [-0.39, 0.29) is 12.0 Å². The second kappa shape index (κ2) is 3.46. The molecule has 1 fully saturated rings. The molecule has 4 nitrogen and oxygen atoms in total. The molecule has 1 aromatic heterocycles. The lowest BCUT2D eigenvalue weighted by Crippen LogP contribution is -2.25. The Balaban J connectivity index is 2.14. The summed E-state index contributed by atoms with van der Waals surface area (Å²) in [4.78, 5) is 4.23. The number of hydrogen-bond donors (Lipinski definition) is 0. The van der Waals surface area contributed by atoms with Crippen molar-refractivity contribution in [2.75, 3.05) is 6.61 Å².